The lowest BCUT2D eigenvalue weighted by Crippen LogP contribution is -2.13. The number of rotatable bonds is 4. The Bertz CT molecular complexity index is 659. The van der Waals surface area contributed by atoms with Gasteiger partial charge in [-0.2, -0.15) is 0 Å². The quantitative estimate of drug-likeness (QED) is 0.757. The van der Waals surface area contributed by atoms with E-state index in [1.807, 2.05) is 48.5 Å². The van der Waals surface area contributed by atoms with E-state index in [0.717, 1.165) is 16.9 Å². The standard InChI is InChI=1S/C18H16N2O/c21-16-10-6-9-15(13-16)20-18(14-7-2-1-3-8-14)17-11-4-5-12-19-17/h1-13,18,20-21H. The SMILES string of the molecule is Oc1cccc(NC(c2ccccc2)c2ccccn2)c1. The van der Waals surface area contributed by atoms with Crippen molar-refractivity contribution in [2.24, 2.45) is 0 Å². The van der Waals surface area contributed by atoms with E-state index in [1.54, 1.807) is 18.3 Å². The zero-order valence-electron chi connectivity index (χ0n) is 11.5. The third-order valence-corrected chi connectivity index (χ3v) is 3.27. The van der Waals surface area contributed by atoms with Gasteiger partial charge in [0, 0.05) is 18.0 Å². The van der Waals surface area contributed by atoms with Gasteiger partial charge in [-0.05, 0) is 29.8 Å². The number of aromatic nitrogens is 1. The van der Waals surface area contributed by atoms with Gasteiger partial charge in [-0.1, -0.05) is 42.5 Å². The van der Waals surface area contributed by atoms with Crippen molar-refractivity contribution in [3.8, 4) is 5.75 Å². The van der Waals surface area contributed by atoms with Crippen LogP contribution in [0.2, 0.25) is 0 Å². The smallest absolute Gasteiger partial charge is 0.117 e. The van der Waals surface area contributed by atoms with E-state index in [4.69, 9.17) is 0 Å². The molecule has 1 heterocycles. The molecule has 0 amide bonds. The number of phenols is 1. The zero-order chi connectivity index (χ0) is 14.5. The summed E-state index contributed by atoms with van der Waals surface area (Å²) < 4.78 is 0. The number of aromatic hydroxyl groups is 1. The molecule has 0 saturated carbocycles. The summed E-state index contributed by atoms with van der Waals surface area (Å²) in [6.07, 6.45) is 1.79. The minimum Gasteiger partial charge on any atom is -0.508 e. The lowest BCUT2D eigenvalue weighted by atomic mass is 10.0. The number of phenolic OH excluding ortho intramolecular Hbond substituents is 1. The van der Waals surface area contributed by atoms with Crippen molar-refractivity contribution in [3.05, 3.63) is 90.3 Å². The largest absolute Gasteiger partial charge is 0.508 e. The molecule has 3 nitrogen and oxygen atoms in total. The molecule has 0 radical (unpaired) electrons. The maximum absolute atomic E-state index is 9.61. The normalized spacial score (nSPS) is 11.8. The topological polar surface area (TPSA) is 45.1 Å². The molecular weight excluding hydrogens is 260 g/mol. The molecular formula is C18H16N2O. The second-order valence-electron chi connectivity index (χ2n) is 4.79. The van der Waals surface area contributed by atoms with Crippen LogP contribution in [0.4, 0.5) is 5.69 Å². The first-order valence-electron chi connectivity index (χ1n) is 6.84. The minimum absolute atomic E-state index is 0.0609. The summed E-state index contributed by atoms with van der Waals surface area (Å²) in [5.41, 5.74) is 2.92. The van der Waals surface area contributed by atoms with E-state index < -0.39 is 0 Å². The molecule has 104 valence electrons. The zero-order valence-corrected chi connectivity index (χ0v) is 11.5. The molecule has 0 aliphatic rings. The molecule has 1 unspecified atom stereocenters. The maximum Gasteiger partial charge on any atom is 0.117 e. The Balaban J connectivity index is 1.97. The van der Waals surface area contributed by atoms with Gasteiger partial charge in [-0.15, -0.1) is 0 Å². The highest BCUT2D eigenvalue weighted by molar-refractivity contribution is 5.51. The van der Waals surface area contributed by atoms with Gasteiger partial charge in [0.25, 0.3) is 0 Å². The Labute approximate surface area is 123 Å². The fraction of sp³-hybridized carbons (Fsp3) is 0.0556. The van der Waals surface area contributed by atoms with Crippen LogP contribution in [0, 0.1) is 0 Å². The fourth-order valence-electron chi connectivity index (χ4n) is 2.28. The van der Waals surface area contributed by atoms with E-state index in [0.29, 0.717) is 0 Å². The predicted molar refractivity (Wildman–Crippen MR) is 84.3 cm³/mol. The molecule has 3 rings (SSSR count). The van der Waals surface area contributed by atoms with Crippen LogP contribution in [0.5, 0.6) is 5.75 Å². The molecule has 0 aliphatic heterocycles. The summed E-state index contributed by atoms with van der Waals surface area (Å²) in [5.74, 6) is 0.243. The number of anilines is 1. The average molecular weight is 276 g/mol. The Morgan fingerprint density at radius 1 is 0.857 bits per heavy atom. The molecule has 21 heavy (non-hydrogen) atoms. The van der Waals surface area contributed by atoms with Crippen LogP contribution >= 0.6 is 0 Å². The first kappa shape index (κ1) is 13.2. The van der Waals surface area contributed by atoms with E-state index >= 15 is 0 Å². The fourth-order valence-corrected chi connectivity index (χ4v) is 2.28. The number of nitrogens with one attached hydrogen (secondary N) is 1. The predicted octanol–water partition coefficient (Wildman–Crippen LogP) is 3.99. The van der Waals surface area contributed by atoms with Gasteiger partial charge in [0.2, 0.25) is 0 Å². The van der Waals surface area contributed by atoms with Gasteiger partial charge in [0.15, 0.2) is 0 Å². The van der Waals surface area contributed by atoms with Crippen LogP contribution < -0.4 is 5.32 Å². The molecule has 1 atom stereocenters. The molecule has 0 saturated heterocycles. The molecule has 1 aromatic heterocycles. The number of hydrogen-bond donors (Lipinski definition) is 2. The Hall–Kier alpha value is -2.81. The highest BCUT2D eigenvalue weighted by Gasteiger charge is 2.14. The molecule has 2 N–H and O–H groups in total. The second-order valence-corrected chi connectivity index (χ2v) is 4.79. The van der Waals surface area contributed by atoms with Gasteiger partial charge in [-0.3, -0.25) is 4.98 Å². The number of benzene rings is 2. The third-order valence-electron chi connectivity index (χ3n) is 3.27. The number of pyridine rings is 1. The summed E-state index contributed by atoms with van der Waals surface area (Å²) in [4.78, 5) is 4.45. The van der Waals surface area contributed by atoms with Crippen molar-refractivity contribution in [2.45, 2.75) is 6.04 Å². The van der Waals surface area contributed by atoms with Crippen molar-refractivity contribution in [1.29, 1.82) is 0 Å². The Morgan fingerprint density at radius 2 is 1.67 bits per heavy atom. The van der Waals surface area contributed by atoms with Crippen LogP contribution in [0.25, 0.3) is 0 Å². The van der Waals surface area contributed by atoms with Crippen LogP contribution in [0.1, 0.15) is 17.3 Å². The van der Waals surface area contributed by atoms with E-state index in [1.165, 1.54) is 0 Å². The van der Waals surface area contributed by atoms with Crippen LogP contribution in [0.3, 0.4) is 0 Å². The number of hydrogen-bond acceptors (Lipinski definition) is 3. The molecule has 2 aromatic carbocycles. The third kappa shape index (κ3) is 3.20. The van der Waals surface area contributed by atoms with Gasteiger partial charge < -0.3 is 10.4 Å². The summed E-state index contributed by atoms with van der Waals surface area (Å²) in [6.45, 7) is 0. The molecule has 0 aliphatic carbocycles. The van der Waals surface area contributed by atoms with Crippen LogP contribution in [0.15, 0.2) is 79.0 Å². The minimum atomic E-state index is -0.0609. The van der Waals surface area contributed by atoms with E-state index in [9.17, 15) is 5.11 Å². The first-order valence-corrected chi connectivity index (χ1v) is 6.84. The van der Waals surface area contributed by atoms with Gasteiger partial charge in [0.05, 0.1) is 11.7 Å². The van der Waals surface area contributed by atoms with Crippen LogP contribution in [-0.2, 0) is 0 Å². The monoisotopic (exact) mass is 276 g/mol. The van der Waals surface area contributed by atoms with Crippen molar-refractivity contribution in [1.82, 2.24) is 4.98 Å². The molecule has 3 aromatic rings. The highest BCUT2D eigenvalue weighted by Crippen LogP contribution is 2.26. The van der Waals surface area contributed by atoms with Gasteiger partial charge in [-0.25, -0.2) is 0 Å². The summed E-state index contributed by atoms with van der Waals surface area (Å²) in [5, 5.41) is 13.0. The lowest BCUT2D eigenvalue weighted by Gasteiger charge is -2.20. The molecule has 0 fully saturated rings. The Morgan fingerprint density at radius 3 is 2.38 bits per heavy atom. The summed E-state index contributed by atoms with van der Waals surface area (Å²) in [6, 6.07) is 23.1. The van der Waals surface area contributed by atoms with Crippen molar-refractivity contribution in [3.63, 3.8) is 0 Å². The van der Waals surface area contributed by atoms with Crippen molar-refractivity contribution in [2.75, 3.05) is 5.32 Å². The highest BCUT2D eigenvalue weighted by atomic mass is 16.3. The summed E-state index contributed by atoms with van der Waals surface area (Å²) >= 11 is 0. The number of nitrogens with zero attached hydrogens (tertiary/aromatic N) is 1. The lowest BCUT2D eigenvalue weighted by molar-refractivity contribution is 0.475. The Kier molecular flexibility index (Phi) is 3.83. The molecule has 0 spiro atoms. The van der Waals surface area contributed by atoms with E-state index in [2.05, 4.69) is 22.4 Å². The van der Waals surface area contributed by atoms with Crippen molar-refractivity contribution >= 4 is 5.69 Å². The van der Waals surface area contributed by atoms with Gasteiger partial charge in [0.1, 0.15) is 5.75 Å². The second kappa shape index (κ2) is 6.09. The van der Waals surface area contributed by atoms with Crippen LogP contribution in [-0.4, -0.2) is 10.1 Å². The van der Waals surface area contributed by atoms with E-state index in [-0.39, 0.29) is 11.8 Å². The molecule has 3 heteroatoms. The molecule has 0 bridgehead atoms. The average Bonchev–Trinajstić information content (AvgIpc) is 2.54. The first-order chi connectivity index (χ1) is 10.3. The van der Waals surface area contributed by atoms with Gasteiger partial charge >= 0.3 is 0 Å². The summed E-state index contributed by atoms with van der Waals surface area (Å²) in [7, 11) is 0. The maximum atomic E-state index is 9.61. The van der Waals surface area contributed by atoms with Crippen molar-refractivity contribution < 1.29 is 5.11 Å².